The lowest BCUT2D eigenvalue weighted by atomic mass is 10.1. The van der Waals surface area contributed by atoms with E-state index < -0.39 is 11.6 Å². The Bertz CT molecular complexity index is 1020. The number of rotatable bonds is 5. The summed E-state index contributed by atoms with van der Waals surface area (Å²) in [4.78, 5) is 24.5. The summed E-state index contributed by atoms with van der Waals surface area (Å²) in [5.41, 5.74) is 2.06. The Morgan fingerprint density at radius 3 is 2.29 bits per heavy atom. The van der Waals surface area contributed by atoms with Gasteiger partial charge in [-0.05, 0) is 82.8 Å². The van der Waals surface area contributed by atoms with E-state index in [1.807, 2.05) is 28.7 Å². The number of hydrogen-bond donors (Lipinski definition) is 2. The summed E-state index contributed by atoms with van der Waals surface area (Å²) in [6, 6.07) is 16.2. The van der Waals surface area contributed by atoms with Gasteiger partial charge >= 0.3 is 0 Å². The molecule has 0 spiro atoms. The molecule has 0 bridgehead atoms. The second kappa shape index (κ2) is 8.92. The third-order valence-electron chi connectivity index (χ3n) is 3.92. The van der Waals surface area contributed by atoms with Crippen LogP contribution in [-0.2, 0) is 6.54 Å². The van der Waals surface area contributed by atoms with Crippen molar-refractivity contribution in [2.45, 2.75) is 6.54 Å². The van der Waals surface area contributed by atoms with Gasteiger partial charge in [0.05, 0.1) is 5.56 Å². The van der Waals surface area contributed by atoms with Gasteiger partial charge in [-0.1, -0.05) is 12.1 Å². The molecular formula is C21H15F2IN2O2. The fraction of sp³-hybridized carbons (Fsp3) is 0.0476. The summed E-state index contributed by atoms with van der Waals surface area (Å²) < 4.78 is 26.6. The minimum Gasteiger partial charge on any atom is -0.348 e. The molecule has 7 heteroatoms. The average molecular weight is 492 g/mol. The van der Waals surface area contributed by atoms with Crippen molar-refractivity contribution in [3.63, 3.8) is 0 Å². The molecule has 0 fully saturated rings. The van der Waals surface area contributed by atoms with E-state index >= 15 is 0 Å². The molecule has 0 aliphatic rings. The molecule has 0 atom stereocenters. The summed E-state index contributed by atoms with van der Waals surface area (Å²) >= 11 is 1.91. The van der Waals surface area contributed by atoms with Crippen LogP contribution in [0.15, 0.2) is 66.7 Å². The molecule has 0 aliphatic carbocycles. The van der Waals surface area contributed by atoms with Crippen molar-refractivity contribution in [2.24, 2.45) is 0 Å². The molecule has 2 N–H and O–H groups in total. The first-order valence-electron chi connectivity index (χ1n) is 8.31. The lowest BCUT2D eigenvalue weighted by molar-refractivity contribution is 0.0949. The van der Waals surface area contributed by atoms with Gasteiger partial charge in [0.2, 0.25) is 0 Å². The van der Waals surface area contributed by atoms with Crippen molar-refractivity contribution < 1.29 is 18.4 Å². The van der Waals surface area contributed by atoms with Gasteiger partial charge in [-0.15, -0.1) is 0 Å². The minimum absolute atomic E-state index is 0.243. The van der Waals surface area contributed by atoms with Gasteiger partial charge in [0, 0.05) is 21.4 Å². The molecule has 0 saturated carbocycles. The number of anilines is 1. The van der Waals surface area contributed by atoms with Crippen LogP contribution in [0.5, 0.6) is 0 Å². The van der Waals surface area contributed by atoms with Crippen molar-refractivity contribution in [3.8, 4) is 0 Å². The molecule has 28 heavy (non-hydrogen) atoms. The number of carbonyl (C=O) groups is 2. The Morgan fingerprint density at radius 1 is 0.857 bits per heavy atom. The molecule has 0 unspecified atom stereocenters. The number of nitrogens with one attached hydrogen (secondary N) is 2. The maximum absolute atomic E-state index is 13.2. The van der Waals surface area contributed by atoms with Crippen LogP contribution < -0.4 is 10.6 Å². The van der Waals surface area contributed by atoms with Crippen molar-refractivity contribution in [2.75, 3.05) is 5.32 Å². The summed E-state index contributed by atoms with van der Waals surface area (Å²) in [5, 5.41) is 5.51. The standard InChI is InChI=1S/C21H15F2IN2O2/c22-15-6-4-14(5-7-15)20(27)26-17-3-1-2-13(10-17)12-25-21(28)18-9-8-16(23)11-19(18)24/h1-11H,12H2,(H,25,28)(H,26,27). The summed E-state index contributed by atoms with van der Waals surface area (Å²) in [5.74, 6) is -1.48. The Labute approximate surface area is 174 Å². The van der Waals surface area contributed by atoms with Gasteiger partial charge in [0.25, 0.3) is 11.8 Å². The molecule has 0 aromatic heterocycles. The molecule has 0 heterocycles. The Balaban J connectivity index is 1.63. The van der Waals surface area contributed by atoms with Crippen LogP contribution in [0.25, 0.3) is 0 Å². The van der Waals surface area contributed by atoms with E-state index in [1.165, 1.54) is 42.5 Å². The summed E-state index contributed by atoms with van der Waals surface area (Å²) in [6.07, 6.45) is 0. The van der Waals surface area contributed by atoms with Gasteiger partial charge in [-0.3, -0.25) is 9.59 Å². The predicted molar refractivity (Wildman–Crippen MR) is 111 cm³/mol. The van der Waals surface area contributed by atoms with E-state index in [1.54, 1.807) is 18.2 Å². The smallest absolute Gasteiger partial charge is 0.255 e. The largest absolute Gasteiger partial charge is 0.348 e. The topological polar surface area (TPSA) is 58.2 Å². The quantitative estimate of drug-likeness (QED) is 0.506. The molecule has 0 aliphatic heterocycles. The zero-order chi connectivity index (χ0) is 20.1. The van der Waals surface area contributed by atoms with Crippen LogP contribution >= 0.6 is 22.6 Å². The van der Waals surface area contributed by atoms with Gasteiger partial charge in [0.15, 0.2) is 0 Å². The van der Waals surface area contributed by atoms with E-state index in [4.69, 9.17) is 0 Å². The third kappa shape index (κ3) is 5.13. The van der Waals surface area contributed by atoms with Crippen LogP contribution in [0.4, 0.5) is 14.5 Å². The highest BCUT2D eigenvalue weighted by atomic mass is 127. The molecule has 0 radical (unpaired) electrons. The monoisotopic (exact) mass is 492 g/mol. The van der Waals surface area contributed by atoms with E-state index in [2.05, 4.69) is 10.6 Å². The number of benzene rings is 3. The van der Waals surface area contributed by atoms with E-state index in [9.17, 15) is 18.4 Å². The molecule has 142 valence electrons. The first kappa shape index (κ1) is 19.9. The third-order valence-corrected chi connectivity index (χ3v) is 4.81. The normalized spacial score (nSPS) is 10.4. The number of hydrogen-bond acceptors (Lipinski definition) is 2. The maximum Gasteiger partial charge on any atom is 0.255 e. The molecular weight excluding hydrogens is 477 g/mol. The zero-order valence-electron chi connectivity index (χ0n) is 14.5. The van der Waals surface area contributed by atoms with Crippen LogP contribution in [0.2, 0.25) is 0 Å². The molecule has 0 saturated heterocycles. The van der Waals surface area contributed by atoms with E-state index in [0.717, 1.165) is 5.56 Å². The number of halogens is 3. The fourth-order valence-corrected chi connectivity index (χ4v) is 3.24. The number of amides is 2. The van der Waals surface area contributed by atoms with Gasteiger partial charge < -0.3 is 10.6 Å². The molecule has 3 aromatic rings. The second-order valence-electron chi connectivity index (χ2n) is 5.97. The summed E-state index contributed by atoms with van der Waals surface area (Å²) in [7, 11) is 0. The van der Waals surface area contributed by atoms with E-state index in [0.29, 0.717) is 20.4 Å². The predicted octanol–water partition coefficient (Wildman–Crippen LogP) is 4.75. The van der Waals surface area contributed by atoms with Crippen LogP contribution in [0.3, 0.4) is 0 Å². The SMILES string of the molecule is O=C(Nc1cccc(CNC(=O)c2ccc(F)cc2I)c1)c1ccc(F)cc1. The van der Waals surface area contributed by atoms with Gasteiger partial charge in [-0.2, -0.15) is 0 Å². The highest BCUT2D eigenvalue weighted by Gasteiger charge is 2.11. The molecule has 4 nitrogen and oxygen atoms in total. The maximum atomic E-state index is 13.2. The van der Waals surface area contributed by atoms with Crippen LogP contribution in [-0.4, -0.2) is 11.8 Å². The molecule has 2 amide bonds. The second-order valence-corrected chi connectivity index (χ2v) is 7.13. The van der Waals surface area contributed by atoms with Crippen molar-refractivity contribution in [1.82, 2.24) is 5.32 Å². The van der Waals surface area contributed by atoms with Gasteiger partial charge in [-0.25, -0.2) is 8.78 Å². The lowest BCUT2D eigenvalue weighted by Gasteiger charge is -2.10. The highest BCUT2D eigenvalue weighted by Crippen LogP contribution is 2.15. The highest BCUT2D eigenvalue weighted by molar-refractivity contribution is 14.1. The first-order valence-corrected chi connectivity index (χ1v) is 9.39. The van der Waals surface area contributed by atoms with Crippen molar-refractivity contribution in [3.05, 3.63) is 98.6 Å². The Hall–Kier alpha value is -2.81. The van der Waals surface area contributed by atoms with Crippen LogP contribution in [0, 0.1) is 15.2 Å². The fourth-order valence-electron chi connectivity index (χ4n) is 2.51. The van der Waals surface area contributed by atoms with Crippen LogP contribution in [0.1, 0.15) is 26.3 Å². The Kier molecular flexibility index (Phi) is 6.35. The lowest BCUT2D eigenvalue weighted by Crippen LogP contribution is -2.23. The van der Waals surface area contributed by atoms with Gasteiger partial charge in [0.1, 0.15) is 11.6 Å². The number of carbonyl (C=O) groups excluding carboxylic acids is 2. The minimum atomic E-state index is -0.412. The molecule has 3 rings (SSSR count). The van der Waals surface area contributed by atoms with E-state index in [-0.39, 0.29) is 18.4 Å². The van der Waals surface area contributed by atoms with Crippen molar-refractivity contribution >= 4 is 40.1 Å². The molecule has 3 aromatic carbocycles. The average Bonchev–Trinajstić information content (AvgIpc) is 2.67. The zero-order valence-corrected chi connectivity index (χ0v) is 16.7. The summed E-state index contributed by atoms with van der Waals surface area (Å²) in [6.45, 7) is 0.243. The van der Waals surface area contributed by atoms with Crippen molar-refractivity contribution in [1.29, 1.82) is 0 Å². The Morgan fingerprint density at radius 2 is 1.57 bits per heavy atom. The first-order chi connectivity index (χ1) is 13.4.